The van der Waals surface area contributed by atoms with E-state index in [9.17, 15) is 14.3 Å². The summed E-state index contributed by atoms with van der Waals surface area (Å²) in [6, 6.07) is 4.30. The van der Waals surface area contributed by atoms with Gasteiger partial charge in [-0.05, 0) is 18.2 Å². The van der Waals surface area contributed by atoms with Gasteiger partial charge in [0.15, 0.2) is 0 Å². The SMILES string of the molecule is O=C(O)c1c2n(c3ccc(F)cc13)CCNC2. The highest BCUT2D eigenvalue weighted by molar-refractivity contribution is 6.05. The first-order valence-corrected chi connectivity index (χ1v) is 5.43. The molecule has 0 spiro atoms. The van der Waals surface area contributed by atoms with E-state index in [4.69, 9.17) is 0 Å². The predicted octanol–water partition coefficient (Wildman–Crippen LogP) is 1.58. The van der Waals surface area contributed by atoms with Crippen LogP contribution in [0.2, 0.25) is 0 Å². The number of carboxylic acids is 1. The number of benzene rings is 1. The van der Waals surface area contributed by atoms with E-state index in [0.29, 0.717) is 18.5 Å². The number of nitrogens with one attached hydrogen (secondary N) is 1. The normalized spacial score (nSPS) is 14.9. The average molecular weight is 234 g/mol. The van der Waals surface area contributed by atoms with Crippen LogP contribution in [0.15, 0.2) is 18.2 Å². The van der Waals surface area contributed by atoms with Crippen LogP contribution in [0.5, 0.6) is 0 Å². The quantitative estimate of drug-likeness (QED) is 0.787. The molecule has 4 nitrogen and oxygen atoms in total. The zero-order valence-electron chi connectivity index (χ0n) is 9.03. The Morgan fingerprint density at radius 1 is 1.47 bits per heavy atom. The van der Waals surface area contributed by atoms with Gasteiger partial charge in [-0.25, -0.2) is 9.18 Å². The molecule has 17 heavy (non-hydrogen) atoms. The number of carbonyl (C=O) groups is 1. The van der Waals surface area contributed by atoms with Gasteiger partial charge in [0.25, 0.3) is 0 Å². The van der Waals surface area contributed by atoms with Crippen molar-refractivity contribution in [2.45, 2.75) is 13.1 Å². The second-order valence-corrected chi connectivity index (χ2v) is 4.12. The van der Waals surface area contributed by atoms with Gasteiger partial charge < -0.3 is 15.0 Å². The van der Waals surface area contributed by atoms with E-state index < -0.39 is 11.8 Å². The minimum Gasteiger partial charge on any atom is -0.478 e. The van der Waals surface area contributed by atoms with Gasteiger partial charge in [-0.15, -0.1) is 0 Å². The molecule has 2 aromatic rings. The van der Waals surface area contributed by atoms with Crippen molar-refractivity contribution in [3.8, 4) is 0 Å². The number of hydrogen-bond donors (Lipinski definition) is 2. The third kappa shape index (κ3) is 1.43. The number of rotatable bonds is 1. The van der Waals surface area contributed by atoms with E-state index in [-0.39, 0.29) is 5.56 Å². The molecular formula is C12H11FN2O2. The Hall–Kier alpha value is -1.88. The van der Waals surface area contributed by atoms with Crippen molar-refractivity contribution in [1.82, 2.24) is 9.88 Å². The van der Waals surface area contributed by atoms with Gasteiger partial charge in [0, 0.05) is 36.2 Å². The molecule has 0 fully saturated rings. The minimum atomic E-state index is -1.00. The number of halogens is 1. The standard InChI is InChI=1S/C12H11FN2O2/c13-7-1-2-9-8(5-7)11(12(16)17)10-6-14-3-4-15(9)10/h1-2,5,14H,3-4,6H2,(H,16,17). The van der Waals surface area contributed by atoms with Crippen molar-refractivity contribution < 1.29 is 14.3 Å². The van der Waals surface area contributed by atoms with Crippen LogP contribution < -0.4 is 5.32 Å². The van der Waals surface area contributed by atoms with Gasteiger partial charge in [-0.1, -0.05) is 0 Å². The maximum absolute atomic E-state index is 13.2. The Labute approximate surface area is 96.7 Å². The van der Waals surface area contributed by atoms with Gasteiger partial charge in [0.1, 0.15) is 5.82 Å². The number of nitrogens with zero attached hydrogens (tertiary/aromatic N) is 1. The second kappa shape index (κ2) is 3.56. The first-order valence-electron chi connectivity index (χ1n) is 5.43. The summed E-state index contributed by atoms with van der Waals surface area (Å²) in [5.74, 6) is -1.41. The van der Waals surface area contributed by atoms with Crippen LogP contribution in [0.4, 0.5) is 4.39 Å². The summed E-state index contributed by atoms with van der Waals surface area (Å²) in [4.78, 5) is 11.3. The summed E-state index contributed by atoms with van der Waals surface area (Å²) >= 11 is 0. The highest BCUT2D eigenvalue weighted by Crippen LogP contribution is 2.28. The number of aromatic carboxylic acids is 1. The topological polar surface area (TPSA) is 54.3 Å². The Kier molecular flexibility index (Phi) is 2.16. The van der Waals surface area contributed by atoms with Crippen LogP contribution in [0.25, 0.3) is 10.9 Å². The molecule has 0 atom stereocenters. The summed E-state index contributed by atoms with van der Waals surface area (Å²) in [5.41, 5.74) is 1.73. The summed E-state index contributed by atoms with van der Waals surface area (Å²) in [5, 5.41) is 12.9. The predicted molar refractivity (Wildman–Crippen MR) is 60.6 cm³/mol. The van der Waals surface area contributed by atoms with Crippen LogP contribution in [0.1, 0.15) is 16.1 Å². The van der Waals surface area contributed by atoms with Crippen molar-refractivity contribution in [2.24, 2.45) is 0 Å². The summed E-state index contributed by atoms with van der Waals surface area (Å²) in [7, 11) is 0. The molecule has 0 aliphatic carbocycles. The Morgan fingerprint density at radius 2 is 2.29 bits per heavy atom. The molecule has 2 heterocycles. The summed E-state index contributed by atoms with van der Waals surface area (Å²) in [6.07, 6.45) is 0. The Balaban J connectivity index is 2.42. The lowest BCUT2D eigenvalue weighted by Crippen LogP contribution is -2.28. The molecule has 2 N–H and O–H groups in total. The van der Waals surface area contributed by atoms with Crippen LogP contribution in [0.3, 0.4) is 0 Å². The third-order valence-electron chi connectivity index (χ3n) is 3.15. The maximum atomic E-state index is 13.2. The molecule has 3 rings (SSSR count). The molecule has 1 aliphatic heterocycles. The van der Waals surface area contributed by atoms with Gasteiger partial charge in [0.05, 0.1) is 5.56 Å². The van der Waals surface area contributed by atoms with Crippen LogP contribution in [-0.4, -0.2) is 22.2 Å². The molecule has 0 unspecified atom stereocenters. The fourth-order valence-corrected chi connectivity index (χ4v) is 2.46. The van der Waals surface area contributed by atoms with Crippen molar-refractivity contribution in [2.75, 3.05) is 6.54 Å². The van der Waals surface area contributed by atoms with E-state index in [0.717, 1.165) is 17.8 Å². The van der Waals surface area contributed by atoms with Crippen molar-refractivity contribution in [3.63, 3.8) is 0 Å². The van der Waals surface area contributed by atoms with Crippen LogP contribution in [-0.2, 0) is 13.1 Å². The molecule has 1 aromatic carbocycles. The van der Waals surface area contributed by atoms with E-state index in [1.807, 2.05) is 4.57 Å². The molecule has 0 radical (unpaired) electrons. The van der Waals surface area contributed by atoms with Crippen molar-refractivity contribution in [1.29, 1.82) is 0 Å². The number of carboxylic acid groups (broad SMARTS) is 1. The Morgan fingerprint density at radius 3 is 3.06 bits per heavy atom. The minimum absolute atomic E-state index is 0.215. The fourth-order valence-electron chi connectivity index (χ4n) is 2.46. The van der Waals surface area contributed by atoms with Gasteiger partial charge in [-0.2, -0.15) is 0 Å². The largest absolute Gasteiger partial charge is 0.478 e. The van der Waals surface area contributed by atoms with Crippen molar-refractivity contribution in [3.05, 3.63) is 35.3 Å². The molecule has 1 aliphatic rings. The first kappa shape index (κ1) is 10.3. The maximum Gasteiger partial charge on any atom is 0.338 e. The molecule has 0 saturated carbocycles. The van der Waals surface area contributed by atoms with Crippen LogP contribution in [0, 0.1) is 5.82 Å². The van der Waals surface area contributed by atoms with Gasteiger partial charge >= 0.3 is 5.97 Å². The van der Waals surface area contributed by atoms with Crippen molar-refractivity contribution >= 4 is 16.9 Å². The first-order chi connectivity index (χ1) is 8.18. The molecule has 0 amide bonds. The molecule has 88 valence electrons. The smallest absolute Gasteiger partial charge is 0.338 e. The van der Waals surface area contributed by atoms with Gasteiger partial charge in [0.2, 0.25) is 0 Å². The van der Waals surface area contributed by atoms with E-state index in [1.54, 1.807) is 6.07 Å². The molecule has 5 heteroatoms. The zero-order chi connectivity index (χ0) is 12.0. The second-order valence-electron chi connectivity index (χ2n) is 4.12. The number of aromatic nitrogens is 1. The third-order valence-corrected chi connectivity index (χ3v) is 3.15. The number of fused-ring (bicyclic) bond motifs is 3. The van der Waals surface area contributed by atoms with E-state index in [1.165, 1.54) is 12.1 Å². The summed E-state index contributed by atoms with van der Waals surface area (Å²) < 4.78 is 15.2. The van der Waals surface area contributed by atoms with E-state index >= 15 is 0 Å². The average Bonchev–Trinajstić information content (AvgIpc) is 2.62. The molecule has 0 bridgehead atoms. The lowest BCUT2D eigenvalue weighted by Gasteiger charge is -2.17. The van der Waals surface area contributed by atoms with Gasteiger partial charge in [-0.3, -0.25) is 0 Å². The monoisotopic (exact) mass is 234 g/mol. The molecular weight excluding hydrogens is 223 g/mol. The molecule has 0 saturated heterocycles. The lowest BCUT2D eigenvalue weighted by molar-refractivity contribution is 0.0697. The van der Waals surface area contributed by atoms with E-state index in [2.05, 4.69) is 5.32 Å². The van der Waals surface area contributed by atoms with Crippen LogP contribution >= 0.6 is 0 Å². The Bertz CT molecular complexity index is 618. The highest BCUT2D eigenvalue weighted by atomic mass is 19.1. The lowest BCUT2D eigenvalue weighted by atomic mass is 10.1. The number of hydrogen-bond acceptors (Lipinski definition) is 2. The molecule has 1 aromatic heterocycles. The highest BCUT2D eigenvalue weighted by Gasteiger charge is 2.23. The summed E-state index contributed by atoms with van der Waals surface area (Å²) in [6.45, 7) is 2.02. The fraction of sp³-hybridized carbons (Fsp3) is 0.250. The zero-order valence-corrected chi connectivity index (χ0v) is 9.03.